The molecule has 1 heterocycles. The fraction of sp³-hybridized carbons (Fsp3) is 0.538. The van der Waals surface area contributed by atoms with Gasteiger partial charge in [-0.15, -0.1) is 0 Å². The SMILES string of the molecule is Cc1cc(O)c2cc1OCCCCCCc1cc(c(C)cc1O)OCCCCCC2. The van der Waals surface area contributed by atoms with Gasteiger partial charge >= 0.3 is 0 Å². The Kier molecular flexibility index (Phi) is 8.30. The summed E-state index contributed by atoms with van der Waals surface area (Å²) >= 11 is 0. The summed E-state index contributed by atoms with van der Waals surface area (Å²) in [7, 11) is 0. The number of fused-ring (bicyclic) bond motifs is 4. The highest BCUT2D eigenvalue weighted by Crippen LogP contribution is 2.31. The maximum atomic E-state index is 10.3. The van der Waals surface area contributed by atoms with Gasteiger partial charge in [0.05, 0.1) is 13.2 Å². The highest BCUT2D eigenvalue weighted by atomic mass is 16.5. The van der Waals surface area contributed by atoms with E-state index in [2.05, 4.69) is 0 Å². The zero-order chi connectivity index (χ0) is 21.3. The van der Waals surface area contributed by atoms with Crippen molar-refractivity contribution in [2.24, 2.45) is 0 Å². The molecule has 0 atom stereocenters. The van der Waals surface area contributed by atoms with E-state index in [1.54, 1.807) is 0 Å². The predicted octanol–water partition coefficient (Wildman–Crippen LogP) is 6.39. The Morgan fingerprint density at radius 1 is 0.567 bits per heavy atom. The number of hydrogen-bond donors (Lipinski definition) is 2. The van der Waals surface area contributed by atoms with Crippen molar-refractivity contribution in [2.75, 3.05) is 13.2 Å². The first-order chi connectivity index (χ1) is 14.5. The maximum absolute atomic E-state index is 10.3. The molecule has 3 rings (SSSR count). The second kappa shape index (κ2) is 11.1. The Bertz CT molecular complexity index is 700. The van der Waals surface area contributed by atoms with Crippen molar-refractivity contribution in [3.63, 3.8) is 0 Å². The van der Waals surface area contributed by atoms with Crippen LogP contribution in [0.5, 0.6) is 23.0 Å². The van der Waals surface area contributed by atoms with Crippen LogP contribution in [-0.4, -0.2) is 23.4 Å². The van der Waals surface area contributed by atoms with Gasteiger partial charge in [0.2, 0.25) is 0 Å². The normalized spacial score (nSPS) is 16.9. The molecule has 2 aromatic carbocycles. The average molecular weight is 413 g/mol. The van der Waals surface area contributed by atoms with Gasteiger partial charge in [0.25, 0.3) is 0 Å². The minimum absolute atomic E-state index is 0.379. The first-order valence-corrected chi connectivity index (χ1v) is 11.4. The average Bonchev–Trinajstić information content (AvgIpc) is 2.70. The molecule has 4 heteroatoms. The van der Waals surface area contributed by atoms with E-state index < -0.39 is 0 Å². The minimum Gasteiger partial charge on any atom is -0.508 e. The van der Waals surface area contributed by atoms with Gasteiger partial charge < -0.3 is 19.7 Å². The second-order valence-electron chi connectivity index (χ2n) is 8.52. The zero-order valence-corrected chi connectivity index (χ0v) is 18.5. The summed E-state index contributed by atoms with van der Waals surface area (Å²) in [5.74, 6) is 2.54. The monoisotopic (exact) mass is 412 g/mol. The lowest BCUT2D eigenvalue weighted by atomic mass is 10.0. The summed E-state index contributed by atoms with van der Waals surface area (Å²) < 4.78 is 12.0. The molecule has 1 aliphatic rings. The van der Waals surface area contributed by atoms with Gasteiger partial charge in [-0.1, -0.05) is 25.7 Å². The molecule has 2 aromatic rings. The summed E-state index contributed by atoms with van der Waals surface area (Å²) in [6.07, 6.45) is 10.2. The van der Waals surface area contributed by atoms with Crippen LogP contribution in [0.3, 0.4) is 0 Å². The van der Waals surface area contributed by atoms with E-state index >= 15 is 0 Å². The van der Waals surface area contributed by atoms with Crippen LogP contribution in [0.2, 0.25) is 0 Å². The summed E-state index contributed by atoms with van der Waals surface area (Å²) in [6, 6.07) is 7.69. The largest absolute Gasteiger partial charge is 0.508 e. The van der Waals surface area contributed by atoms with Crippen molar-refractivity contribution in [3.05, 3.63) is 46.5 Å². The van der Waals surface area contributed by atoms with E-state index in [1.807, 2.05) is 38.1 Å². The molecule has 0 aliphatic carbocycles. The van der Waals surface area contributed by atoms with Crippen molar-refractivity contribution in [2.45, 2.75) is 78.1 Å². The van der Waals surface area contributed by atoms with Crippen molar-refractivity contribution < 1.29 is 19.7 Å². The number of hydrogen-bond acceptors (Lipinski definition) is 4. The number of benzene rings is 2. The molecule has 0 fully saturated rings. The molecule has 164 valence electrons. The summed E-state index contributed by atoms with van der Waals surface area (Å²) in [5.41, 5.74) is 3.93. The van der Waals surface area contributed by atoms with Crippen LogP contribution in [0, 0.1) is 13.8 Å². The van der Waals surface area contributed by atoms with Crippen LogP contribution in [-0.2, 0) is 12.8 Å². The first kappa shape index (κ1) is 22.3. The smallest absolute Gasteiger partial charge is 0.122 e. The predicted molar refractivity (Wildman–Crippen MR) is 121 cm³/mol. The molecule has 4 nitrogen and oxygen atoms in total. The molecule has 0 radical (unpaired) electrons. The molecule has 4 bridgehead atoms. The van der Waals surface area contributed by atoms with Crippen molar-refractivity contribution in [1.29, 1.82) is 0 Å². The van der Waals surface area contributed by atoms with Gasteiger partial charge in [-0.2, -0.15) is 0 Å². The van der Waals surface area contributed by atoms with Crippen molar-refractivity contribution in [3.8, 4) is 23.0 Å². The lowest BCUT2D eigenvalue weighted by Gasteiger charge is -2.14. The van der Waals surface area contributed by atoms with Crippen LogP contribution in [0.4, 0.5) is 0 Å². The lowest BCUT2D eigenvalue weighted by Crippen LogP contribution is -2.02. The zero-order valence-electron chi connectivity index (χ0n) is 18.5. The van der Waals surface area contributed by atoms with Gasteiger partial charge in [-0.05, 0) is 98.9 Å². The Morgan fingerprint density at radius 2 is 0.967 bits per heavy atom. The summed E-state index contributed by atoms with van der Waals surface area (Å²) in [5, 5.41) is 20.6. The third-order valence-corrected chi connectivity index (χ3v) is 5.95. The van der Waals surface area contributed by atoms with E-state index in [0.717, 1.165) is 98.0 Å². The van der Waals surface area contributed by atoms with Gasteiger partial charge in [0.15, 0.2) is 0 Å². The van der Waals surface area contributed by atoms with Gasteiger partial charge in [-0.25, -0.2) is 0 Å². The van der Waals surface area contributed by atoms with Gasteiger partial charge in [0, 0.05) is 0 Å². The molecule has 2 N–H and O–H groups in total. The molecular formula is C26H36O4. The van der Waals surface area contributed by atoms with Crippen LogP contribution >= 0.6 is 0 Å². The molecule has 1 aliphatic heterocycles. The molecule has 0 aromatic heterocycles. The number of phenolic OH excluding ortho intramolecular Hbond substituents is 2. The Labute approximate surface area is 180 Å². The van der Waals surface area contributed by atoms with E-state index in [9.17, 15) is 10.2 Å². The molecular weight excluding hydrogens is 376 g/mol. The molecule has 30 heavy (non-hydrogen) atoms. The van der Waals surface area contributed by atoms with Crippen molar-refractivity contribution >= 4 is 0 Å². The Morgan fingerprint density at radius 3 is 1.40 bits per heavy atom. The van der Waals surface area contributed by atoms with E-state index in [-0.39, 0.29) is 0 Å². The molecule has 0 saturated carbocycles. The van der Waals surface area contributed by atoms with Gasteiger partial charge in [0.1, 0.15) is 23.0 Å². The third-order valence-electron chi connectivity index (χ3n) is 5.95. The minimum atomic E-state index is 0.379. The number of rotatable bonds is 0. The number of phenols is 2. The summed E-state index contributed by atoms with van der Waals surface area (Å²) in [6.45, 7) is 5.36. The lowest BCUT2D eigenvalue weighted by molar-refractivity contribution is 0.300. The second-order valence-corrected chi connectivity index (χ2v) is 8.52. The molecule has 0 unspecified atom stereocenters. The van der Waals surface area contributed by atoms with Crippen LogP contribution in [0.1, 0.15) is 73.6 Å². The first-order valence-electron chi connectivity index (χ1n) is 11.4. The maximum Gasteiger partial charge on any atom is 0.122 e. The van der Waals surface area contributed by atoms with E-state index in [1.165, 1.54) is 0 Å². The molecule has 0 spiro atoms. The summed E-state index contributed by atoms with van der Waals surface area (Å²) in [4.78, 5) is 0. The number of aryl methyl sites for hydroxylation is 4. The topological polar surface area (TPSA) is 58.9 Å². The highest BCUT2D eigenvalue weighted by molar-refractivity contribution is 5.46. The fourth-order valence-electron chi connectivity index (χ4n) is 4.05. The molecule has 0 amide bonds. The fourth-order valence-corrected chi connectivity index (χ4v) is 4.05. The number of aromatic hydroxyl groups is 2. The van der Waals surface area contributed by atoms with Crippen LogP contribution in [0.15, 0.2) is 24.3 Å². The Balaban J connectivity index is 1.64. The van der Waals surface area contributed by atoms with E-state index in [0.29, 0.717) is 24.7 Å². The van der Waals surface area contributed by atoms with Crippen LogP contribution < -0.4 is 9.47 Å². The molecule has 0 saturated heterocycles. The van der Waals surface area contributed by atoms with Gasteiger partial charge in [-0.3, -0.25) is 0 Å². The third kappa shape index (κ3) is 6.32. The highest BCUT2D eigenvalue weighted by Gasteiger charge is 2.10. The quantitative estimate of drug-likeness (QED) is 0.526. The van der Waals surface area contributed by atoms with Crippen LogP contribution in [0.25, 0.3) is 0 Å². The van der Waals surface area contributed by atoms with E-state index in [4.69, 9.17) is 9.47 Å². The van der Waals surface area contributed by atoms with Crippen molar-refractivity contribution in [1.82, 2.24) is 0 Å². The number of ether oxygens (including phenoxy) is 2. The Hall–Kier alpha value is -2.36. The standard InChI is InChI=1S/C26H36O4/c1-19-15-23(27)21-11-7-4-6-10-14-30-26-18-22(24(28)16-20(26)2)12-8-3-5-9-13-29-25(19)17-21/h15-18,27-28H,3-14H2,1-2H3.